The average molecular weight is 325 g/mol. The van der Waals surface area contributed by atoms with Gasteiger partial charge in [-0.1, -0.05) is 12.1 Å². The minimum Gasteiger partial charge on any atom is -0.353 e. The Morgan fingerprint density at radius 1 is 1.41 bits per heavy atom. The monoisotopic (exact) mass is 324 g/mol. The van der Waals surface area contributed by atoms with Gasteiger partial charge >= 0.3 is 0 Å². The number of hydrogen-bond acceptors (Lipinski definition) is 4. The number of fused-ring (bicyclic) bond motifs is 1. The Balaban J connectivity index is 0.00000242. The zero-order valence-electron chi connectivity index (χ0n) is 12.9. The van der Waals surface area contributed by atoms with Crippen LogP contribution >= 0.6 is 12.4 Å². The molecule has 0 spiro atoms. The van der Waals surface area contributed by atoms with Gasteiger partial charge in [0.15, 0.2) is 0 Å². The summed E-state index contributed by atoms with van der Waals surface area (Å²) in [5, 5.41) is 6.35. The Morgan fingerprint density at radius 3 is 2.82 bits per heavy atom. The van der Waals surface area contributed by atoms with Gasteiger partial charge in [-0.15, -0.1) is 12.4 Å². The third-order valence-electron chi connectivity index (χ3n) is 3.47. The molecule has 0 saturated carbocycles. The quantitative estimate of drug-likeness (QED) is 0.855. The number of rotatable bonds is 5. The van der Waals surface area contributed by atoms with Crippen LogP contribution < -0.4 is 16.2 Å². The third-order valence-corrected chi connectivity index (χ3v) is 3.47. The van der Waals surface area contributed by atoms with Crippen molar-refractivity contribution in [3.63, 3.8) is 0 Å². The van der Waals surface area contributed by atoms with Crippen LogP contribution in [0.1, 0.15) is 12.5 Å². The lowest BCUT2D eigenvalue weighted by Crippen LogP contribution is -2.39. The molecule has 0 aliphatic heterocycles. The number of carbonyl (C=O) groups is 1. The van der Waals surface area contributed by atoms with Crippen molar-refractivity contribution >= 4 is 29.2 Å². The number of carbonyl (C=O) groups excluding carboxylic acids is 1. The molecule has 22 heavy (non-hydrogen) atoms. The van der Waals surface area contributed by atoms with Gasteiger partial charge in [-0.25, -0.2) is 4.98 Å². The van der Waals surface area contributed by atoms with Crippen LogP contribution in [-0.4, -0.2) is 35.1 Å². The van der Waals surface area contributed by atoms with E-state index >= 15 is 0 Å². The Hall–Kier alpha value is -1.92. The summed E-state index contributed by atoms with van der Waals surface area (Å²) in [6.45, 7) is 4.37. The summed E-state index contributed by atoms with van der Waals surface area (Å²) < 4.78 is 1.33. The van der Waals surface area contributed by atoms with Crippen molar-refractivity contribution in [2.45, 2.75) is 26.4 Å². The van der Waals surface area contributed by atoms with Crippen molar-refractivity contribution < 1.29 is 4.79 Å². The standard InChI is InChI=1S/C15H20N4O2.ClH/c1-10-5-4-6-12-14(10)18-9-19(15(12)21)8-13(20)17-7-11(2)16-3;/h4-6,9,11,16H,7-8H2,1-3H3,(H,17,20);1H. The van der Waals surface area contributed by atoms with Crippen LogP contribution in [0.4, 0.5) is 0 Å². The van der Waals surface area contributed by atoms with Crippen LogP contribution in [0.25, 0.3) is 10.9 Å². The summed E-state index contributed by atoms with van der Waals surface area (Å²) in [7, 11) is 1.83. The number of para-hydroxylation sites is 1. The molecule has 1 aromatic heterocycles. The van der Waals surface area contributed by atoms with Crippen molar-refractivity contribution in [3.8, 4) is 0 Å². The van der Waals surface area contributed by atoms with E-state index in [1.165, 1.54) is 10.9 Å². The Bertz CT molecular complexity index is 714. The van der Waals surface area contributed by atoms with Crippen molar-refractivity contribution in [1.29, 1.82) is 0 Å². The lowest BCUT2D eigenvalue weighted by atomic mass is 10.1. The molecule has 1 amide bonds. The van der Waals surface area contributed by atoms with E-state index in [2.05, 4.69) is 15.6 Å². The fourth-order valence-electron chi connectivity index (χ4n) is 2.03. The first kappa shape index (κ1) is 18.1. The molecule has 1 atom stereocenters. The molecule has 0 fully saturated rings. The van der Waals surface area contributed by atoms with E-state index in [1.54, 1.807) is 6.07 Å². The molecule has 1 heterocycles. The van der Waals surface area contributed by atoms with Crippen molar-refractivity contribution in [2.75, 3.05) is 13.6 Å². The number of aromatic nitrogens is 2. The zero-order valence-corrected chi connectivity index (χ0v) is 13.7. The Labute approximate surface area is 135 Å². The number of benzene rings is 1. The molecular formula is C15H21ClN4O2. The maximum Gasteiger partial charge on any atom is 0.261 e. The molecule has 2 N–H and O–H groups in total. The molecule has 120 valence electrons. The molecule has 0 aliphatic carbocycles. The zero-order chi connectivity index (χ0) is 15.4. The van der Waals surface area contributed by atoms with Gasteiger partial charge in [-0.2, -0.15) is 0 Å². The summed E-state index contributed by atoms with van der Waals surface area (Å²) in [4.78, 5) is 28.5. The first-order valence-corrected chi connectivity index (χ1v) is 6.91. The van der Waals surface area contributed by atoms with Crippen LogP contribution in [0, 0.1) is 6.92 Å². The lowest BCUT2D eigenvalue weighted by molar-refractivity contribution is -0.121. The predicted molar refractivity (Wildman–Crippen MR) is 89.5 cm³/mol. The van der Waals surface area contributed by atoms with E-state index < -0.39 is 0 Å². The highest BCUT2D eigenvalue weighted by Gasteiger charge is 2.09. The lowest BCUT2D eigenvalue weighted by Gasteiger charge is -2.12. The number of nitrogens with one attached hydrogen (secondary N) is 2. The predicted octanol–water partition coefficient (Wildman–Crippen LogP) is 0.851. The second kappa shape index (κ2) is 7.91. The van der Waals surface area contributed by atoms with Gasteiger partial charge in [-0.3, -0.25) is 14.2 Å². The molecule has 2 rings (SSSR count). The molecule has 1 unspecified atom stereocenters. The van der Waals surface area contributed by atoms with E-state index in [1.807, 2.05) is 33.0 Å². The molecule has 0 aliphatic rings. The highest BCUT2D eigenvalue weighted by atomic mass is 35.5. The van der Waals surface area contributed by atoms with Gasteiger partial charge in [0.25, 0.3) is 5.56 Å². The highest BCUT2D eigenvalue weighted by molar-refractivity contribution is 5.85. The molecule has 1 aromatic carbocycles. The normalized spacial score (nSPS) is 11.8. The van der Waals surface area contributed by atoms with Gasteiger partial charge in [-0.05, 0) is 32.5 Å². The fourth-order valence-corrected chi connectivity index (χ4v) is 2.03. The van der Waals surface area contributed by atoms with Crippen LogP contribution in [0.2, 0.25) is 0 Å². The van der Waals surface area contributed by atoms with Crippen molar-refractivity contribution in [2.24, 2.45) is 0 Å². The summed E-state index contributed by atoms with van der Waals surface area (Å²) in [6.07, 6.45) is 1.43. The van der Waals surface area contributed by atoms with E-state index in [9.17, 15) is 9.59 Å². The number of halogens is 1. The number of hydrogen-bond donors (Lipinski definition) is 2. The maximum absolute atomic E-state index is 12.3. The van der Waals surface area contributed by atoms with Crippen LogP contribution in [-0.2, 0) is 11.3 Å². The average Bonchev–Trinajstić information content (AvgIpc) is 2.48. The first-order valence-electron chi connectivity index (χ1n) is 6.91. The Morgan fingerprint density at radius 2 is 2.14 bits per heavy atom. The fraction of sp³-hybridized carbons (Fsp3) is 0.400. The maximum atomic E-state index is 12.3. The summed E-state index contributed by atoms with van der Waals surface area (Å²) in [6, 6.07) is 5.64. The number of likely N-dealkylation sites (N-methyl/N-ethyl adjacent to an activating group) is 1. The highest BCUT2D eigenvalue weighted by Crippen LogP contribution is 2.10. The SMILES string of the molecule is CNC(C)CNC(=O)Cn1cnc2c(C)cccc2c1=O.Cl. The molecule has 2 aromatic rings. The van der Waals surface area contributed by atoms with Crippen molar-refractivity contribution in [3.05, 3.63) is 40.4 Å². The minimum atomic E-state index is -0.201. The first-order chi connectivity index (χ1) is 10.0. The van der Waals surface area contributed by atoms with Crippen LogP contribution in [0.3, 0.4) is 0 Å². The van der Waals surface area contributed by atoms with Gasteiger partial charge in [0.1, 0.15) is 6.54 Å². The van der Waals surface area contributed by atoms with Crippen molar-refractivity contribution in [1.82, 2.24) is 20.2 Å². The van der Waals surface area contributed by atoms with E-state index in [0.717, 1.165) is 5.56 Å². The van der Waals surface area contributed by atoms with Crippen LogP contribution in [0.5, 0.6) is 0 Å². The number of amides is 1. The van der Waals surface area contributed by atoms with Gasteiger partial charge in [0.2, 0.25) is 5.91 Å². The second-order valence-electron chi connectivity index (χ2n) is 5.14. The van der Waals surface area contributed by atoms with E-state index in [-0.39, 0.29) is 36.5 Å². The topological polar surface area (TPSA) is 76.0 Å². The third kappa shape index (κ3) is 4.05. The summed E-state index contributed by atoms with van der Waals surface area (Å²) in [5.74, 6) is -0.201. The summed E-state index contributed by atoms with van der Waals surface area (Å²) >= 11 is 0. The minimum absolute atomic E-state index is 0. The van der Waals surface area contributed by atoms with Gasteiger partial charge < -0.3 is 10.6 Å². The molecule has 0 radical (unpaired) electrons. The molecular weight excluding hydrogens is 304 g/mol. The van der Waals surface area contributed by atoms with E-state index in [4.69, 9.17) is 0 Å². The van der Waals surface area contributed by atoms with Gasteiger partial charge in [0, 0.05) is 12.6 Å². The number of aryl methyl sites for hydroxylation is 1. The largest absolute Gasteiger partial charge is 0.353 e. The van der Waals surface area contributed by atoms with Gasteiger partial charge in [0.05, 0.1) is 17.2 Å². The Kier molecular flexibility index (Phi) is 6.52. The molecule has 6 nitrogen and oxygen atoms in total. The molecule has 7 heteroatoms. The number of nitrogens with zero attached hydrogens (tertiary/aromatic N) is 2. The molecule has 0 saturated heterocycles. The summed E-state index contributed by atoms with van der Waals surface area (Å²) in [5.41, 5.74) is 1.44. The second-order valence-corrected chi connectivity index (χ2v) is 5.14. The van der Waals surface area contributed by atoms with E-state index in [0.29, 0.717) is 17.4 Å². The molecule has 0 bridgehead atoms. The smallest absolute Gasteiger partial charge is 0.261 e. The van der Waals surface area contributed by atoms with Crippen LogP contribution in [0.15, 0.2) is 29.3 Å².